The summed E-state index contributed by atoms with van der Waals surface area (Å²) in [5.41, 5.74) is 2.11. The summed E-state index contributed by atoms with van der Waals surface area (Å²) in [6, 6.07) is 0. The summed E-state index contributed by atoms with van der Waals surface area (Å²) in [6.45, 7) is 17.9. The van der Waals surface area contributed by atoms with Gasteiger partial charge in [0.05, 0.1) is 0 Å². The molecule has 0 saturated heterocycles. The van der Waals surface area contributed by atoms with E-state index in [0.29, 0.717) is 29.8 Å². The van der Waals surface area contributed by atoms with Crippen LogP contribution in [0.4, 0.5) is 0 Å². The van der Waals surface area contributed by atoms with E-state index in [1.54, 1.807) is 0 Å². The second-order valence-corrected chi connectivity index (χ2v) is 14.2. The second-order valence-electron chi connectivity index (χ2n) is 6.74. The Hall–Kier alpha value is -0.483. The number of hydrogen-bond acceptors (Lipinski definition) is 3. The highest BCUT2D eigenvalue weighted by Gasteiger charge is 2.48. The predicted molar refractivity (Wildman–Crippen MR) is 90.7 cm³/mol. The van der Waals surface area contributed by atoms with Gasteiger partial charge in [0.2, 0.25) is 0 Å². The van der Waals surface area contributed by atoms with Crippen LogP contribution in [0.15, 0.2) is 0 Å². The summed E-state index contributed by atoms with van der Waals surface area (Å²) in [5, 5.41) is 0. The number of fused-ring (bicyclic) bond motifs is 1. The van der Waals surface area contributed by atoms with Gasteiger partial charge >= 0.3 is 0 Å². The molecular formula is C16H28O2SSi. The van der Waals surface area contributed by atoms with Crippen LogP contribution in [0.2, 0.25) is 16.6 Å². The van der Waals surface area contributed by atoms with E-state index in [1.807, 2.05) is 11.3 Å². The lowest BCUT2D eigenvalue weighted by Gasteiger charge is -2.42. The van der Waals surface area contributed by atoms with E-state index in [2.05, 4.69) is 48.5 Å². The first kappa shape index (κ1) is 15.9. The Morgan fingerprint density at radius 2 is 1.30 bits per heavy atom. The molecule has 1 aromatic heterocycles. The lowest BCUT2D eigenvalue weighted by molar-refractivity contribution is 0.173. The smallest absolute Gasteiger partial charge is 0.174 e. The van der Waals surface area contributed by atoms with E-state index >= 15 is 0 Å². The van der Waals surface area contributed by atoms with Gasteiger partial charge in [-0.1, -0.05) is 41.5 Å². The Labute approximate surface area is 128 Å². The van der Waals surface area contributed by atoms with E-state index in [9.17, 15) is 0 Å². The maximum absolute atomic E-state index is 6.05. The maximum atomic E-state index is 6.05. The first-order valence-corrected chi connectivity index (χ1v) is 10.8. The summed E-state index contributed by atoms with van der Waals surface area (Å²) in [6.07, 6.45) is 0. The van der Waals surface area contributed by atoms with Crippen LogP contribution in [-0.4, -0.2) is 21.3 Å². The van der Waals surface area contributed by atoms with Crippen LogP contribution in [0.25, 0.3) is 0 Å². The first-order valence-electron chi connectivity index (χ1n) is 7.72. The average molecular weight is 313 g/mol. The highest BCUT2D eigenvalue weighted by Crippen LogP contribution is 2.48. The molecule has 0 aromatic carbocycles. The van der Waals surface area contributed by atoms with Crippen LogP contribution in [-0.2, 0) is 0 Å². The fourth-order valence-electron chi connectivity index (χ4n) is 4.17. The number of thiophene rings is 1. The van der Waals surface area contributed by atoms with Gasteiger partial charge in [-0.2, -0.15) is 0 Å². The number of hydrogen-bond donors (Lipinski definition) is 0. The zero-order valence-electron chi connectivity index (χ0n) is 13.9. The first-order chi connectivity index (χ1) is 9.33. The summed E-state index contributed by atoms with van der Waals surface area (Å²) in [7, 11) is -1.65. The van der Waals surface area contributed by atoms with E-state index in [0.717, 1.165) is 11.5 Å². The molecule has 1 aliphatic heterocycles. The summed E-state index contributed by atoms with van der Waals surface area (Å²) in [4.78, 5) is 1.29. The van der Waals surface area contributed by atoms with Crippen molar-refractivity contribution < 1.29 is 9.47 Å². The largest absolute Gasteiger partial charge is 0.485 e. The molecule has 20 heavy (non-hydrogen) atoms. The van der Waals surface area contributed by atoms with Gasteiger partial charge < -0.3 is 9.47 Å². The average Bonchev–Trinajstić information content (AvgIpc) is 2.67. The molecular weight excluding hydrogens is 284 g/mol. The van der Waals surface area contributed by atoms with Crippen molar-refractivity contribution in [2.24, 2.45) is 0 Å². The highest BCUT2D eigenvalue weighted by atomic mass is 32.1. The molecule has 0 amide bonds. The Morgan fingerprint density at radius 3 is 1.75 bits per heavy atom. The van der Waals surface area contributed by atoms with E-state index in [1.165, 1.54) is 9.38 Å². The SMILES string of the molecule is Cc1sc([Si](C(C)C)(C(C)C)C(C)C)c2c1OCCO2. The van der Waals surface area contributed by atoms with Gasteiger partial charge in [0.1, 0.15) is 21.3 Å². The minimum atomic E-state index is -1.65. The van der Waals surface area contributed by atoms with Gasteiger partial charge in [-0.25, -0.2) is 0 Å². The Bertz CT molecular complexity index is 455. The fourth-order valence-corrected chi connectivity index (χ4v) is 14.4. The molecule has 2 nitrogen and oxygen atoms in total. The second kappa shape index (κ2) is 5.72. The molecule has 0 atom stereocenters. The van der Waals surface area contributed by atoms with Gasteiger partial charge in [-0.05, 0) is 23.5 Å². The van der Waals surface area contributed by atoms with Crippen molar-refractivity contribution >= 4 is 23.9 Å². The molecule has 0 radical (unpaired) electrons. The molecule has 0 fully saturated rings. The van der Waals surface area contributed by atoms with Crippen molar-refractivity contribution in [3.63, 3.8) is 0 Å². The molecule has 2 rings (SSSR count). The van der Waals surface area contributed by atoms with Crippen LogP contribution in [0.5, 0.6) is 11.5 Å². The normalized spacial score (nSPS) is 15.5. The van der Waals surface area contributed by atoms with Crippen molar-refractivity contribution in [2.45, 2.75) is 65.1 Å². The maximum Gasteiger partial charge on any atom is 0.174 e. The third-order valence-corrected chi connectivity index (χ3v) is 13.8. The van der Waals surface area contributed by atoms with Crippen molar-refractivity contribution in [3.8, 4) is 11.5 Å². The summed E-state index contributed by atoms with van der Waals surface area (Å²) in [5.74, 6) is 2.11. The third kappa shape index (κ3) is 2.21. The van der Waals surface area contributed by atoms with Crippen LogP contribution < -0.4 is 14.0 Å². The number of ether oxygens (including phenoxy) is 2. The topological polar surface area (TPSA) is 18.5 Å². The van der Waals surface area contributed by atoms with Crippen molar-refractivity contribution in [1.82, 2.24) is 0 Å². The van der Waals surface area contributed by atoms with Crippen molar-refractivity contribution in [3.05, 3.63) is 4.88 Å². The number of rotatable bonds is 4. The van der Waals surface area contributed by atoms with Gasteiger partial charge in [-0.15, -0.1) is 11.3 Å². The van der Waals surface area contributed by atoms with Crippen LogP contribution in [0, 0.1) is 6.92 Å². The molecule has 2 heterocycles. The number of aryl methyl sites for hydroxylation is 1. The lowest BCUT2D eigenvalue weighted by Crippen LogP contribution is -2.55. The molecule has 114 valence electrons. The standard InChI is InChI=1S/C16H28O2SSi/c1-10(2)20(11(3)4,12(5)6)16-15-14(13(7)19-16)17-8-9-18-15/h10-12H,8-9H2,1-7H3. The Morgan fingerprint density at radius 1 is 0.850 bits per heavy atom. The van der Waals surface area contributed by atoms with Crippen molar-refractivity contribution in [2.75, 3.05) is 13.2 Å². The monoisotopic (exact) mass is 312 g/mol. The van der Waals surface area contributed by atoms with E-state index < -0.39 is 8.07 Å². The zero-order chi connectivity index (χ0) is 15.1. The Kier molecular flexibility index (Phi) is 4.55. The summed E-state index contributed by atoms with van der Waals surface area (Å²) >= 11 is 1.93. The molecule has 0 unspecified atom stereocenters. The van der Waals surface area contributed by atoms with Crippen LogP contribution >= 0.6 is 11.3 Å². The lowest BCUT2D eigenvalue weighted by atomic mass is 10.4. The molecule has 4 heteroatoms. The zero-order valence-corrected chi connectivity index (χ0v) is 15.7. The third-order valence-electron chi connectivity index (χ3n) is 4.82. The van der Waals surface area contributed by atoms with Crippen LogP contribution in [0.3, 0.4) is 0 Å². The minimum absolute atomic E-state index is 0.684. The van der Waals surface area contributed by atoms with Gasteiger partial charge in [0.25, 0.3) is 0 Å². The quantitative estimate of drug-likeness (QED) is 0.749. The van der Waals surface area contributed by atoms with E-state index in [-0.39, 0.29) is 0 Å². The van der Waals surface area contributed by atoms with E-state index in [4.69, 9.17) is 9.47 Å². The fraction of sp³-hybridized carbons (Fsp3) is 0.750. The molecule has 0 spiro atoms. The van der Waals surface area contributed by atoms with Crippen LogP contribution in [0.1, 0.15) is 46.4 Å². The van der Waals surface area contributed by atoms with Gasteiger partial charge in [0, 0.05) is 9.38 Å². The molecule has 0 saturated carbocycles. The summed E-state index contributed by atoms with van der Waals surface area (Å²) < 4.78 is 13.5. The molecule has 0 aliphatic carbocycles. The minimum Gasteiger partial charge on any atom is -0.485 e. The Balaban J connectivity index is 2.66. The molecule has 1 aliphatic rings. The predicted octanol–water partition coefficient (Wildman–Crippen LogP) is 4.71. The van der Waals surface area contributed by atoms with Gasteiger partial charge in [0.15, 0.2) is 11.5 Å². The molecule has 1 aromatic rings. The van der Waals surface area contributed by atoms with Crippen molar-refractivity contribution in [1.29, 1.82) is 0 Å². The highest BCUT2D eigenvalue weighted by molar-refractivity contribution is 7.28. The molecule has 0 bridgehead atoms. The molecule has 0 N–H and O–H groups in total. The van der Waals surface area contributed by atoms with Gasteiger partial charge in [-0.3, -0.25) is 0 Å².